The Labute approximate surface area is 105 Å². The zero-order chi connectivity index (χ0) is 12.5. The normalized spacial score (nSPS) is 32.2. The van der Waals surface area contributed by atoms with Gasteiger partial charge in [0.15, 0.2) is 0 Å². The minimum Gasteiger partial charge on any atom is -0.353 e. The first kappa shape index (κ1) is 12.9. The van der Waals surface area contributed by atoms with Gasteiger partial charge in [0, 0.05) is 23.9 Å². The number of rotatable bonds is 4. The maximum Gasteiger partial charge on any atom is 0.220 e. The number of nitrogens with one attached hydrogen (secondary N) is 1. The summed E-state index contributed by atoms with van der Waals surface area (Å²) in [4.78, 5) is 11.8. The lowest BCUT2D eigenvalue weighted by molar-refractivity contribution is -0.124. The van der Waals surface area contributed by atoms with E-state index >= 15 is 0 Å². The highest BCUT2D eigenvalue weighted by Gasteiger charge is 2.46. The highest BCUT2D eigenvalue weighted by Crippen LogP contribution is 2.39. The van der Waals surface area contributed by atoms with Gasteiger partial charge in [-0.1, -0.05) is 39.5 Å². The highest BCUT2D eigenvalue weighted by molar-refractivity contribution is 5.76. The third kappa shape index (κ3) is 2.82. The van der Waals surface area contributed by atoms with Crippen molar-refractivity contribution in [2.24, 2.45) is 17.1 Å². The third-order valence-corrected chi connectivity index (χ3v) is 4.93. The number of hydrogen-bond donors (Lipinski definition) is 2. The molecule has 0 heterocycles. The van der Waals surface area contributed by atoms with E-state index < -0.39 is 0 Å². The van der Waals surface area contributed by atoms with Crippen LogP contribution in [-0.4, -0.2) is 18.0 Å². The molecular formula is C14H26N2O. The molecule has 2 atom stereocenters. The summed E-state index contributed by atoms with van der Waals surface area (Å²) in [6.07, 6.45) is 8.08. The van der Waals surface area contributed by atoms with Gasteiger partial charge in [0.1, 0.15) is 0 Å². The van der Waals surface area contributed by atoms with E-state index in [1.807, 2.05) is 0 Å². The van der Waals surface area contributed by atoms with Crippen LogP contribution < -0.4 is 11.1 Å². The van der Waals surface area contributed by atoms with E-state index in [1.54, 1.807) is 0 Å². The average Bonchev–Trinajstić information content (AvgIpc) is 2.79. The highest BCUT2D eigenvalue weighted by atomic mass is 16.1. The molecular weight excluding hydrogens is 212 g/mol. The molecule has 0 saturated heterocycles. The maximum absolute atomic E-state index is 11.8. The van der Waals surface area contributed by atoms with Crippen molar-refractivity contribution >= 4 is 5.91 Å². The maximum atomic E-state index is 11.8. The molecule has 2 fully saturated rings. The second kappa shape index (κ2) is 4.97. The van der Waals surface area contributed by atoms with Gasteiger partial charge in [-0.3, -0.25) is 4.79 Å². The van der Waals surface area contributed by atoms with Crippen LogP contribution in [0.2, 0.25) is 0 Å². The molecule has 0 aromatic heterocycles. The van der Waals surface area contributed by atoms with Crippen molar-refractivity contribution in [1.29, 1.82) is 0 Å². The molecule has 98 valence electrons. The average molecular weight is 238 g/mol. The van der Waals surface area contributed by atoms with E-state index in [2.05, 4.69) is 19.2 Å². The molecule has 1 amide bonds. The van der Waals surface area contributed by atoms with Crippen LogP contribution in [0, 0.1) is 11.3 Å². The van der Waals surface area contributed by atoms with Gasteiger partial charge in [-0.05, 0) is 18.8 Å². The first-order valence-corrected chi connectivity index (χ1v) is 7.05. The predicted molar refractivity (Wildman–Crippen MR) is 69.5 cm³/mol. The molecule has 0 bridgehead atoms. The fraction of sp³-hybridized carbons (Fsp3) is 0.929. The number of nitrogens with two attached hydrogens (primary N) is 1. The van der Waals surface area contributed by atoms with Crippen LogP contribution in [-0.2, 0) is 4.79 Å². The Hall–Kier alpha value is -0.570. The molecule has 3 N–H and O–H groups in total. The molecule has 2 aliphatic carbocycles. The van der Waals surface area contributed by atoms with E-state index in [9.17, 15) is 4.79 Å². The lowest BCUT2D eigenvalue weighted by atomic mass is 9.63. The molecule has 17 heavy (non-hydrogen) atoms. The Bertz CT molecular complexity index is 282. The smallest absolute Gasteiger partial charge is 0.220 e. The second-order valence-electron chi connectivity index (χ2n) is 6.47. The summed E-state index contributed by atoms with van der Waals surface area (Å²) in [6.45, 7) is 4.28. The van der Waals surface area contributed by atoms with Gasteiger partial charge in [0.2, 0.25) is 5.91 Å². The first-order chi connectivity index (χ1) is 8.00. The predicted octanol–water partition coefficient (Wildman–Crippen LogP) is 2.20. The number of amides is 1. The van der Waals surface area contributed by atoms with Crippen molar-refractivity contribution in [3.63, 3.8) is 0 Å². The van der Waals surface area contributed by atoms with Gasteiger partial charge in [0.05, 0.1) is 0 Å². The number of carbonyl (C=O) groups excluding carboxylic acids is 1. The Morgan fingerprint density at radius 1 is 1.35 bits per heavy atom. The molecule has 2 aliphatic rings. The van der Waals surface area contributed by atoms with Crippen molar-refractivity contribution in [3.8, 4) is 0 Å². The number of carbonyl (C=O) groups is 1. The molecule has 3 nitrogen and oxygen atoms in total. The van der Waals surface area contributed by atoms with Crippen molar-refractivity contribution in [1.82, 2.24) is 5.32 Å². The van der Waals surface area contributed by atoms with Crippen LogP contribution in [0.1, 0.15) is 58.8 Å². The van der Waals surface area contributed by atoms with E-state index in [0.717, 1.165) is 18.8 Å². The molecule has 0 aliphatic heterocycles. The fourth-order valence-electron chi connectivity index (χ4n) is 3.11. The van der Waals surface area contributed by atoms with Gasteiger partial charge < -0.3 is 11.1 Å². The fourth-order valence-corrected chi connectivity index (χ4v) is 3.11. The van der Waals surface area contributed by atoms with E-state index in [0.29, 0.717) is 6.42 Å². The number of hydrogen-bond acceptors (Lipinski definition) is 2. The molecule has 0 aromatic carbocycles. The molecule has 2 unspecified atom stereocenters. The van der Waals surface area contributed by atoms with Gasteiger partial charge in [-0.2, -0.15) is 0 Å². The largest absolute Gasteiger partial charge is 0.353 e. The first-order valence-electron chi connectivity index (χ1n) is 7.05. The monoisotopic (exact) mass is 238 g/mol. The summed E-state index contributed by atoms with van der Waals surface area (Å²) in [5.41, 5.74) is 6.02. The molecule has 0 radical (unpaired) electrons. The Balaban J connectivity index is 1.67. The van der Waals surface area contributed by atoms with Gasteiger partial charge in [-0.15, -0.1) is 0 Å². The van der Waals surface area contributed by atoms with Crippen molar-refractivity contribution < 1.29 is 4.79 Å². The SMILES string of the molecule is CC1(C)C(N)CC1NC(=O)CCC1CCCC1. The lowest BCUT2D eigenvalue weighted by Gasteiger charge is -2.50. The van der Waals surface area contributed by atoms with Gasteiger partial charge >= 0.3 is 0 Å². The van der Waals surface area contributed by atoms with Crippen molar-refractivity contribution in [2.45, 2.75) is 70.9 Å². The third-order valence-electron chi connectivity index (χ3n) is 4.93. The summed E-state index contributed by atoms with van der Waals surface area (Å²) in [7, 11) is 0. The molecule has 0 aromatic rings. The van der Waals surface area contributed by atoms with E-state index in [-0.39, 0.29) is 23.4 Å². The van der Waals surface area contributed by atoms with Crippen LogP contribution in [0.5, 0.6) is 0 Å². The minimum atomic E-state index is 0.0724. The van der Waals surface area contributed by atoms with Crippen LogP contribution in [0.15, 0.2) is 0 Å². The Morgan fingerprint density at radius 2 is 2.00 bits per heavy atom. The molecule has 2 saturated carbocycles. The molecule has 3 heteroatoms. The summed E-state index contributed by atoms with van der Waals surface area (Å²) in [5, 5.41) is 3.14. The van der Waals surface area contributed by atoms with E-state index in [4.69, 9.17) is 5.73 Å². The quantitative estimate of drug-likeness (QED) is 0.789. The van der Waals surface area contributed by atoms with Crippen LogP contribution in [0.25, 0.3) is 0 Å². The van der Waals surface area contributed by atoms with Gasteiger partial charge in [-0.25, -0.2) is 0 Å². The van der Waals surface area contributed by atoms with Crippen LogP contribution in [0.4, 0.5) is 0 Å². The summed E-state index contributed by atoms with van der Waals surface area (Å²) < 4.78 is 0. The lowest BCUT2D eigenvalue weighted by Crippen LogP contribution is -2.64. The summed E-state index contributed by atoms with van der Waals surface area (Å²) >= 11 is 0. The summed E-state index contributed by atoms with van der Waals surface area (Å²) in [5.74, 6) is 1.03. The second-order valence-corrected chi connectivity index (χ2v) is 6.47. The topological polar surface area (TPSA) is 55.1 Å². The van der Waals surface area contributed by atoms with E-state index in [1.165, 1.54) is 25.7 Å². The van der Waals surface area contributed by atoms with Crippen molar-refractivity contribution in [2.75, 3.05) is 0 Å². The molecule has 0 spiro atoms. The van der Waals surface area contributed by atoms with Crippen LogP contribution >= 0.6 is 0 Å². The minimum absolute atomic E-state index is 0.0724. The Morgan fingerprint density at radius 3 is 2.53 bits per heavy atom. The standard InChI is InChI=1S/C14H26N2O/c1-14(2)11(15)9-12(14)16-13(17)8-7-10-5-3-4-6-10/h10-12H,3-9,15H2,1-2H3,(H,16,17). The Kier molecular flexibility index (Phi) is 3.76. The van der Waals surface area contributed by atoms with Crippen LogP contribution in [0.3, 0.4) is 0 Å². The molecule has 2 rings (SSSR count). The zero-order valence-corrected chi connectivity index (χ0v) is 11.2. The summed E-state index contributed by atoms with van der Waals surface area (Å²) in [6, 6.07) is 0.524. The van der Waals surface area contributed by atoms with Gasteiger partial charge in [0.25, 0.3) is 0 Å². The zero-order valence-electron chi connectivity index (χ0n) is 11.2. The van der Waals surface area contributed by atoms with Crippen molar-refractivity contribution in [3.05, 3.63) is 0 Å².